The van der Waals surface area contributed by atoms with Crippen LogP contribution < -0.4 is 10.4 Å². The first-order valence-electron chi connectivity index (χ1n) is 7.49. The third-order valence-electron chi connectivity index (χ3n) is 3.53. The van der Waals surface area contributed by atoms with E-state index >= 15 is 0 Å². The van der Waals surface area contributed by atoms with Crippen molar-refractivity contribution in [3.8, 4) is 16.9 Å². The molecular weight excluding hydrogens is 276 g/mol. The van der Waals surface area contributed by atoms with Crippen LogP contribution in [0.1, 0.15) is 19.4 Å². The standard InChI is InChI=1S/C18H20N2O2/c1-11(2)10-22-17-7-4-12(3)8-14(17)13-5-6-15-16(9-13)20-18(21)19-15/h4-9,11H,10H2,1-3H3,(H2,19,20,21). The van der Waals surface area contributed by atoms with E-state index in [0.717, 1.165) is 27.9 Å². The molecule has 0 saturated heterocycles. The van der Waals surface area contributed by atoms with Crippen molar-refractivity contribution in [2.75, 3.05) is 6.61 Å². The Balaban J connectivity index is 2.07. The number of benzene rings is 2. The number of ether oxygens (including phenoxy) is 1. The Morgan fingerprint density at radius 3 is 2.59 bits per heavy atom. The number of aryl methyl sites for hydroxylation is 1. The van der Waals surface area contributed by atoms with Crippen LogP contribution in [0.5, 0.6) is 5.75 Å². The Bertz CT molecular complexity index is 859. The molecule has 22 heavy (non-hydrogen) atoms. The topological polar surface area (TPSA) is 57.9 Å². The molecule has 2 aromatic carbocycles. The van der Waals surface area contributed by atoms with Gasteiger partial charge >= 0.3 is 5.69 Å². The lowest BCUT2D eigenvalue weighted by molar-refractivity contribution is 0.272. The summed E-state index contributed by atoms with van der Waals surface area (Å²) in [5, 5.41) is 0. The van der Waals surface area contributed by atoms with Crippen molar-refractivity contribution in [3.63, 3.8) is 0 Å². The molecule has 0 saturated carbocycles. The molecule has 3 rings (SSSR count). The Hall–Kier alpha value is -2.49. The number of fused-ring (bicyclic) bond motifs is 1. The van der Waals surface area contributed by atoms with Crippen molar-refractivity contribution in [2.24, 2.45) is 5.92 Å². The minimum absolute atomic E-state index is 0.187. The zero-order chi connectivity index (χ0) is 15.7. The van der Waals surface area contributed by atoms with Crippen LogP contribution in [0.25, 0.3) is 22.2 Å². The van der Waals surface area contributed by atoms with Crippen molar-refractivity contribution in [3.05, 3.63) is 52.4 Å². The van der Waals surface area contributed by atoms with E-state index in [9.17, 15) is 4.79 Å². The molecule has 0 fully saturated rings. The molecule has 0 bridgehead atoms. The minimum atomic E-state index is -0.187. The highest BCUT2D eigenvalue weighted by Crippen LogP contribution is 2.32. The highest BCUT2D eigenvalue weighted by Gasteiger charge is 2.09. The summed E-state index contributed by atoms with van der Waals surface area (Å²) in [6.45, 7) is 7.00. The van der Waals surface area contributed by atoms with Gasteiger partial charge in [0.25, 0.3) is 0 Å². The molecular formula is C18H20N2O2. The lowest BCUT2D eigenvalue weighted by Crippen LogP contribution is -2.05. The summed E-state index contributed by atoms with van der Waals surface area (Å²) in [6.07, 6.45) is 0. The summed E-state index contributed by atoms with van der Waals surface area (Å²) >= 11 is 0. The molecule has 0 aliphatic carbocycles. The second-order valence-corrected chi connectivity index (χ2v) is 6.04. The van der Waals surface area contributed by atoms with Crippen LogP contribution in [0.3, 0.4) is 0 Å². The van der Waals surface area contributed by atoms with Gasteiger partial charge in [-0.25, -0.2) is 4.79 Å². The van der Waals surface area contributed by atoms with E-state index in [1.54, 1.807) is 0 Å². The third kappa shape index (κ3) is 2.91. The van der Waals surface area contributed by atoms with Crippen molar-refractivity contribution >= 4 is 11.0 Å². The van der Waals surface area contributed by atoms with E-state index in [0.29, 0.717) is 12.5 Å². The summed E-state index contributed by atoms with van der Waals surface area (Å²) < 4.78 is 5.95. The summed E-state index contributed by atoms with van der Waals surface area (Å²) in [6, 6.07) is 12.1. The van der Waals surface area contributed by atoms with Crippen LogP contribution in [0.2, 0.25) is 0 Å². The number of hydrogen-bond acceptors (Lipinski definition) is 2. The Morgan fingerprint density at radius 2 is 1.82 bits per heavy atom. The number of rotatable bonds is 4. The number of imidazole rings is 1. The minimum Gasteiger partial charge on any atom is -0.493 e. The van der Waals surface area contributed by atoms with Crippen LogP contribution in [-0.4, -0.2) is 16.6 Å². The van der Waals surface area contributed by atoms with E-state index in [1.807, 2.05) is 24.3 Å². The molecule has 0 unspecified atom stereocenters. The predicted molar refractivity (Wildman–Crippen MR) is 89.4 cm³/mol. The molecule has 0 spiro atoms. The molecule has 3 aromatic rings. The van der Waals surface area contributed by atoms with Gasteiger partial charge in [-0.05, 0) is 42.7 Å². The first-order valence-corrected chi connectivity index (χ1v) is 7.49. The summed E-state index contributed by atoms with van der Waals surface area (Å²) in [7, 11) is 0. The fourth-order valence-electron chi connectivity index (χ4n) is 2.45. The van der Waals surface area contributed by atoms with Gasteiger partial charge in [0.1, 0.15) is 5.75 Å². The largest absolute Gasteiger partial charge is 0.493 e. The zero-order valence-electron chi connectivity index (χ0n) is 13.1. The van der Waals surface area contributed by atoms with Crippen molar-refractivity contribution in [2.45, 2.75) is 20.8 Å². The number of H-pyrrole nitrogens is 2. The highest BCUT2D eigenvalue weighted by atomic mass is 16.5. The lowest BCUT2D eigenvalue weighted by atomic mass is 10.0. The van der Waals surface area contributed by atoms with Crippen LogP contribution in [0, 0.1) is 12.8 Å². The van der Waals surface area contributed by atoms with Crippen LogP contribution in [-0.2, 0) is 0 Å². The van der Waals surface area contributed by atoms with Crippen LogP contribution in [0.4, 0.5) is 0 Å². The van der Waals surface area contributed by atoms with Gasteiger partial charge in [-0.15, -0.1) is 0 Å². The second-order valence-electron chi connectivity index (χ2n) is 6.04. The van der Waals surface area contributed by atoms with Gasteiger partial charge in [0.05, 0.1) is 17.6 Å². The second kappa shape index (κ2) is 5.72. The lowest BCUT2D eigenvalue weighted by Gasteiger charge is -2.14. The number of hydrogen-bond donors (Lipinski definition) is 2. The molecule has 0 radical (unpaired) electrons. The number of nitrogens with one attached hydrogen (secondary N) is 2. The van der Waals surface area contributed by atoms with Crippen molar-refractivity contribution < 1.29 is 4.74 Å². The molecule has 0 aliphatic heterocycles. The van der Waals surface area contributed by atoms with Gasteiger partial charge in [-0.1, -0.05) is 31.5 Å². The maximum atomic E-state index is 11.4. The van der Waals surface area contributed by atoms with Crippen LogP contribution >= 0.6 is 0 Å². The summed E-state index contributed by atoms with van der Waals surface area (Å²) in [4.78, 5) is 17.0. The quantitative estimate of drug-likeness (QED) is 0.768. The molecule has 114 valence electrons. The van der Waals surface area contributed by atoms with Gasteiger partial charge in [0.15, 0.2) is 0 Å². The smallest absolute Gasteiger partial charge is 0.323 e. The van der Waals surface area contributed by atoms with Gasteiger partial charge in [-0.3, -0.25) is 0 Å². The third-order valence-corrected chi connectivity index (χ3v) is 3.53. The predicted octanol–water partition coefficient (Wildman–Crippen LogP) is 3.87. The van der Waals surface area contributed by atoms with Crippen LogP contribution in [0.15, 0.2) is 41.2 Å². The first kappa shape index (κ1) is 14.4. The average Bonchev–Trinajstić information content (AvgIpc) is 2.84. The Kier molecular flexibility index (Phi) is 3.75. The van der Waals surface area contributed by atoms with Crippen molar-refractivity contribution in [1.82, 2.24) is 9.97 Å². The van der Waals surface area contributed by atoms with Gasteiger partial charge in [0.2, 0.25) is 0 Å². The van der Waals surface area contributed by atoms with Gasteiger partial charge in [0, 0.05) is 5.56 Å². The SMILES string of the molecule is Cc1ccc(OCC(C)C)c(-c2ccc3[nH]c(=O)[nH]c3c2)c1. The number of aromatic amines is 2. The maximum absolute atomic E-state index is 11.4. The van der Waals surface area contributed by atoms with E-state index < -0.39 is 0 Å². The molecule has 1 aromatic heterocycles. The first-order chi connectivity index (χ1) is 10.5. The van der Waals surface area contributed by atoms with Gasteiger partial charge < -0.3 is 14.7 Å². The number of aromatic nitrogens is 2. The molecule has 4 heteroatoms. The summed E-state index contributed by atoms with van der Waals surface area (Å²) in [5.74, 6) is 1.34. The normalized spacial score (nSPS) is 11.3. The Labute approximate surface area is 129 Å². The maximum Gasteiger partial charge on any atom is 0.323 e. The molecule has 2 N–H and O–H groups in total. The van der Waals surface area contributed by atoms with E-state index in [1.165, 1.54) is 5.56 Å². The monoisotopic (exact) mass is 296 g/mol. The fraction of sp³-hybridized carbons (Fsp3) is 0.278. The zero-order valence-corrected chi connectivity index (χ0v) is 13.1. The van der Waals surface area contributed by atoms with E-state index in [4.69, 9.17) is 4.74 Å². The van der Waals surface area contributed by atoms with E-state index in [-0.39, 0.29) is 5.69 Å². The summed E-state index contributed by atoms with van der Waals surface area (Å²) in [5.41, 5.74) is 4.68. The molecule has 0 amide bonds. The fourth-order valence-corrected chi connectivity index (χ4v) is 2.45. The van der Waals surface area contributed by atoms with E-state index in [2.05, 4.69) is 42.9 Å². The molecule has 4 nitrogen and oxygen atoms in total. The highest BCUT2D eigenvalue weighted by molar-refractivity contribution is 5.83. The molecule has 1 heterocycles. The average molecular weight is 296 g/mol. The van der Waals surface area contributed by atoms with Crippen molar-refractivity contribution in [1.29, 1.82) is 0 Å². The van der Waals surface area contributed by atoms with Gasteiger partial charge in [-0.2, -0.15) is 0 Å². The Morgan fingerprint density at radius 1 is 1.05 bits per heavy atom. The molecule has 0 atom stereocenters. The molecule has 0 aliphatic rings.